The normalized spacial score (nSPS) is 21.5. The Kier molecular flexibility index (Phi) is 19.1. The number of benzene rings is 1. The Bertz CT molecular complexity index is 1330. The summed E-state index contributed by atoms with van der Waals surface area (Å²) in [6.45, 7) is 6.47. The lowest BCUT2D eigenvalue weighted by atomic mass is 9.89. The van der Waals surface area contributed by atoms with Gasteiger partial charge in [0.1, 0.15) is 18.1 Å². The van der Waals surface area contributed by atoms with Gasteiger partial charge in [-0.2, -0.15) is 0 Å². The van der Waals surface area contributed by atoms with E-state index >= 15 is 0 Å². The van der Waals surface area contributed by atoms with Crippen LogP contribution in [0, 0.1) is 18.8 Å². The van der Waals surface area contributed by atoms with Crippen molar-refractivity contribution in [1.82, 2.24) is 21.3 Å². The van der Waals surface area contributed by atoms with Crippen molar-refractivity contribution in [3.63, 3.8) is 0 Å². The molecule has 1 aliphatic rings. The van der Waals surface area contributed by atoms with E-state index in [0.29, 0.717) is 45.2 Å². The number of Topliss-reactive ketones (excluding diaryl/α,β-unsaturated/α-hetero) is 1. The van der Waals surface area contributed by atoms with Crippen molar-refractivity contribution in [3.05, 3.63) is 47.5 Å². The molecule has 0 fully saturated rings. The van der Waals surface area contributed by atoms with Crippen LogP contribution in [0.1, 0.15) is 89.2 Å². The number of hydrogen-bond donors (Lipinski definition) is 8. The van der Waals surface area contributed by atoms with Gasteiger partial charge in [-0.25, -0.2) is 0 Å². The fourth-order valence-electron chi connectivity index (χ4n) is 5.86. The van der Waals surface area contributed by atoms with Gasteiger partial charge < -0.3 is 43.6 Å². The maximum Gasteiger partial charge on any atom is 0.306 e. The van der Waals surface area contributed by atoms with Crippen molar-refractivity contribution in [2.45, 2.75) is 122 Å². The fraction of sp³-hybridized carbons (Fsp3) is 0.622. The van der Waals surface area contributed by atoms with Crippen molar-refractivity contribution in [1.29, 1.82) is 0 Å². The molecule has 0 aromatic heterocycles. The van der Waals surface area contributed by atoms with Gasteiger partial charge in [-0.05, 0) is 95.7 Å². The maximum absolute atomic E-state index is 14.0. The number of carboxylic acids is 1. The SMILES string of the molecule is Cc1ccc(C[C@H](NC(=O)[C@@H]2CC=CC[C@H](N)C(=O)N[C@@H](CCCCN)C(=O)N[C@@H](CCCCN)C(=O)N2)C(=O)C[C@@H](CC(C)C)C(=O)O)cc1. The monoisotopic (exact) mass is 713 g/mol. The molecule has 14 nitrogen and oxygen atoms in total. The standard InChI is InChI=1S/C37H59N7O7/c1-23(2)20-26(37(50)51)22-32(45)31(21-25-16-14-24(3)15-17-25)44-36(49)29-11-5-4-10-27(40)33(46)41-28(12-6-8-18-38)34(47)43-30(35(48)42-29)13-7-9-19-39/h4-5,14-17,23,26-31H,6-13,18-22,38-40H2,1-3H3,(H,41,46)(H,42,48)(H,43,47)(H,44,49)(H,50,51)/t26-,27+,28+,29+,30+,31+/m1/s1. The molecule has 4 amide bonds. The zero-order valence-electron chi connectivity index (χ0n) is 30.3. The molecule has 1 aromatic carbocycles. The predicted molar refractivity (Wildman–Crippen MR) is 195 cm³/mol. The van der Waals surface area contributed by atoms with Crippen LogP contribution >= 0.6 is 0 Å². The predicted octanol–water partition coefficient (Wildman–Crippen LogP) is 1.12. The van der Waals surface area contributed by atoms with Gasteiger partial charge in [0.15, 0.2) is 5.78 Å². The second-order valence-electron chi connectivity index (χ2n) is 13.9. The van der Waals surface area contributed by atoms with Crippen LogP contribution in [0.2, 0.25) is 0 Å². The minimum atomic E-state index is -1.17. The Morgan fingerprint density at radius 3 is 1.94 bits per heavy atom. The average Bonchev–Trinajstić information content (AvgIpc) is 3.08. The third kappa shape index (κ3) is 15.7. The molecule has 0 saturated heterocycles. The first-order valence-corrected chi connectivity index (χ1v) is 18.1. The summed E-state index contributed by atoms with van der Waals surface area (Å²) in [5.74, 6) is -4.78. The number of rotatable bonds is 18. The maximum atomic E-state index is 14.0. The molecule has 1 heterocycles. The van der Waals surface area contributed by atoms with Gasteiger partial charge in [0, 0.05) is 6.42 Å². The van der Waals surface area contributed by atoms with Crippen molar-refractivity contribution in [3.8, 4) is 0 Å². The number of nitrogens with one attached hydrogen (secondary N) is 4. The zero-order valence-corrected chi connectivity index (χ0v) is 30.3. The number of amides is 4. The number of unbranched alkanes of at least 4 members (excludes halogenated alkanes) is 2. The third-order valence-corrected chi connectivity index (χ3v) is 8.88. The molecule has 0 aliphatic carbocycles. The van der Waals surface area contributed by atoms with Gasteiger partial charge in [0.2, 0.25) is 23.6 Å². The Morgan fingerprint density at radius 2 is 1.39 bits per heavy atom. The molecular formula is C37H59N7O7. The van der Waals surface area contributed by atoms with Crippen LogP contribution in [-0.4, -0.2) is 83.8 Å². The van der Waals surface area contributed by atoms with Gasteiger partial charge in [-0.3, -0.25) is 28.8 Å². The summed E-state index contributed by atoms with van der Waals surface area (Å²) in [6.07, 6.45) is 6.29. The van der Waals surface area contributed by atoms with E-state index in [1.807, 2.05) is 45.0 Å². The smallest absolute Gasteiger partial charge is 0.306 e. The molecule has 1 aliphatic heterocycles. The van der Waals surface area contributed by atoms with Crippen LogP contribution < -0.4 is 38.5 Å². The second-order valence-corrected chi connectivity index (χ2v) is 13.9. The highest BCUT2D eigenvalue weighted by atomic mass is 16.4. The van der Waals surface area contributed by atoms with Gasteiger partial charge in [-0.15, -0.1) is 0 Å². The number of hydrogen-bond acceptors (Lipinski definition) is 9. The number of aryl methyl sites for hydroxylation is 1. The van der Waals surface area contributed by atoms with E-state index in [2.05, 4.69) is 21.3 Å². The van der Waals surface area contributed by atoms with Crippen molar-refractivity contribution in [2.75, 3.05) is 13.1 Å². The zero-order chi connectivity index (χ0) is 37.9. The van der Waals surface area contributed by atoms with E-state index in [9.17, 15) is 33.9 Å². The number of carbonyl (C=O) groups excluding carboxylic acids is 5. The Hall–Kier alpha value is -4.14. The Morgan fingerprint density at radius 1 is 0.843 bits per heavy atom. The largest absolute Gasteiger partial charge is 0.481 e. The van der Waals surface area contributed by atoms with E-state index in [1.54, 1.807) is 12.2 Å². The molecule has 11 N–H and O–H groups in total. The highest BCUT2D eigenvalue weighted by Gasteiger charge is 2.33. The van der Waals surface area contributed by atoms with Gasteiger partial charge >= 0.3 is 5.97 Å². The quantitative estimate of drug-likeness (QED) is 0.0795. The molecule has 1 aromatic rings. The molecule has 2 rings (SSSR count). The van der Waals surface area contributed by atoms with Gasteiger partial charge in [0.05, 0.1) is 18.0 Å². The minimum absolute atomic E-state index is 0.00631. The number of aliphatic carboxylic acids is 1. The van der Waals surface area contributed by atoms with Crippen LogP contribution in [0.25, 0.3) is 0 Å². The second kappa shape index (κ2) is 22.6. The van der Waals surface area contributed by atoms with Crippen molar-refractivity contribution in [2.24, 2.45) is 29.0 Å². The first-order valence-electron chi connectivity index (χ1n) is 18.1. The van der Waals surface area contributed by atoms with Gasteiger partial charge in [-0.1, -0.05) is 55.8 Å². The van der Waals surface area contributed by atoms with E-state index in [1.165, 1.54) is 0 Å². The highest BCUT2D eigenvalue weighted by Crippen LogP contribution is 2.19. The number of nitrogens with two attached hydrogens (primary N) is 3. The first-order chi connectivity index (χ1) is 24.2. The average molecular weight is 714 g/mol. The molecule has 284 valence electrons. The highest BCUT2D eigenvalue weighted by molar-refractivity contribution is 5.96. The summed E-state index contributed by atoms with van der Waals surface area (Å²) >= 11 is 0. The number of ketones is 1. The topological polar surface area (TPSA) is 249 Å². The molecule has 0 bridgehead atoms. The number of carboxylic acid groups (broad SMARTS) is 1. The van der Waals surface area contributed by atoms with Gasteiger partial charge in [0.25, 0.3) is 0 Å². The fourth-order valence-corrected chi connectivity index (χ4v) is 5.86. The molecule has 14 heteroatoms. The van der Waals surface area contributed by atoms with Crippen LogP contribution in [0.3, 0.4) is 0 Å². The number of carbonyl (C=O) groups is 6. The van der Waals surface area contributed by atoms with Crippen LogP contribution in [0.5, 0.6) is 0 Å². The summed E-state index contributed by atoms with van der Waals surface area (Å²) in [6, 6.07) is 2.23. The van der Waals surface area contributed by atoms with E-state index in [-0.39, 0.29) is 44.4 Å². The lowest BCUT2D eigenvalue weighted by Crippen LogP contribution is -2.58. The van der Waals surface area contributed by atoms with E-state index < -0.39 is 71.5 Å². The van der Waals surface area contributed by atoms with Crippen LogP contribution in [-0.2, 0) is 35.2 Å². The Balaban J connectivity index is 2.43. The molecular weight excluding hydrogens is 654 g/mol. The molecule has 0 spiro atoms. The molecule has 51 heavy (non-hydrogen) atoms. The first kappa shape index (κ1) is 43.0. The lowest BCUT2D eigenvalue weighted by Gasteiger charge is -2.27. The molecule has 0 saturated carbocycles. The Labute approximate surface area is 301 Å². The van der Waals surface area contributed by atoms with E-state index in [4.69, 9.17) is 17.2 Å². The van der Waals surface area contributed by atoms with Crippen molar-refractivity contribution < 1.29 is 33.9 Å². The lowest BCUT2D eigenvalue weighted by molar-refractivity contribution is -0.144. The summed E-state index contributed by atoms with van der Waals surface area (Å²) in [7, 11) is 0. The van der Waals surface area contributed by atoms with E-state index in [0.717, 1.165) is 11.1 Å². The molecule has 0 radical (unpaired) electrons. The summed E-state index contributed by atoms with van der Waals surface area (Å²) in [5, 5.41) is 20.9. The summed E-state index contributed by atoms with van der Waals surface area (Å²) < 4.78 is 0. The summed E-state index contributed by atoms with van der Waals surface area (Å²) in [5.41, 5.74) is 19.2. The molecule has 0 unspecified atom stereocenters. The minimum Gasteiger partial charge on any atom is -0.481 e. The van der Waals surface area contributed by atoms with Crippen LogP contribution in [0.15, 0.2) is 36.4 Å². The van der Waals surface area contributed by atoms with Crippen molar-refractivity contribution >= 4 is 35.4 Å². The third-order valence-electron chi connectivity index (χ3n) is 8.88. The molecule has 6 atom stereocenters. The summed E-state index contributed by atoms with van der Waals surface area (Å²) in [4.78, 5) is 79.9. The van der Waals surface area contributed by atoms with Crippen LogP contribution in [0.4, 0.5) is 0 Å².